The second-order valence-electron chi connectivity index (χ2n) is 5.65. The van der Waals surface area contributed by atoms with E-state index in [1.807, 2.05) is 4.90 Å². The van der Waals surface area contributed by atoms with Crippen molar-refractivity contribution in [3.63, 3.8) is 0 Å². The molecule has 0 radical (unpaired) electrons. The van der Waals surface area contributed by atoms with E-state index in [1.165, 1.54) is 37.1 Å². The molecule has 2 heterocycles. The van der Waals surface area contributed by atoms with Crippen molar-refractivity contribution in [2.75, 3.05) is 30.9 Å². The van der Waals surface area contributed by atoms with E-state index in [0.717, 1.165) is 0 Å². The fraction of sp³-hybridized carbons (Fsp3) is 0.353. The van der Waals surface area contributed by atoms with Crippen LogP contribution < -0.4 is 4.90 Å². The average Bonchev–Trinajstić information content (AvgIpc) is 3.09. The van der Waals surface area contributed by atoms with Gasteiger partial charge >= 0.3 is 5.97 Å². The van der Waals surface area contributed by atoms with Crippen LogP contribution in [0, 0.1) is 11.6 Å². The van der Waals surface area contributed by atoms with E-state index >= 15 is 0 Å². The number of halogens is 2. The minimum absolute atomic E-state index is 0.134. The Labute approximate surface area is 148 Å². The summed E-state index contributed by atoms with van der Waals surface area (Å²) in [7, 11) is 1.33. The van der Waals surface area contributed by atoms with Crippen LogP contribution in [-0.2, 0) is 9.53 Å². The number of thioether (sulfide) groups is 1. The van der Waals surface area contributed by atoms with Crippen LogP contribution in [0.1, 0.15) is 17.9 Å². The predicted molar refractivity (Wildman–Crippen MR) is 90.7 cm³/mol. The molecule has 0 aliphatic carbocycles. The maximum Gasteiger partial charge on any atom is 0.316 e. The molecule has 8 heteroatoms. The lowest BCUT2D eigenvalue weighted by Crippen LogP contribution is -2.21. The molecule has 1 atom stereocenters. The molecule has 0 amide bonds. The van der Waals surface area contributed by atoms with E-state index in [9.17, 15) is 13.6 Å². The third-order valence-corrected chi connectivity index (χ3v) is 4.96. The molecule has 1 saturated heterocycles. The number of ether oxygens (including phenoxy) is 1. The summed E-state index contributed by atoms with van der Waals surface area (Å²) in [6, 6.07) is 3.93. The van der Waals surface area contributed by atoms with Gasteiger partial charge in [-0.3, -0.25) is 9.78 Å². The van der Waals surface area contributed by atoms with Crippen molar-refractivity contribution < 1.29 is 18.3 Å². The molecule has 0 N–H and O–H groups in total. The Kier molecular flexibility index (Phi) is 5.47. The molecule has 0 bridgehead atoms. The van der Waals surface area contributed by atoms with Gasteiger partial charge < -0.3 is 9.64 Å². The van der Waals surface area contributed by atoms with Gasteiger partial charge in [-0.1, -0.05) is 17.8 Å². The predicted octanol–water partition coefficient (Wildman–Crippen LogP) is 3.01. The number of esters is 1. The number of hydrogen-bond donors (Lipinski definition) is 0. The number of aromatic nitrogens is 2. The molecule has 0 saturated carbocycles. The van der Waals surface area contributed by atoms with Crippen molar-refractivity contribution >= 4 is 23.5 Å². The van der Waals surface area contributed by atoms with Gasteiger partial charge in [0.1, 0.15) is 22.5 Å². The minimum Gasteiger partial charge on any atom is -0.468 e. The number of anilines is 1. The molecule has 1 aliphatic heterocycles. The van der Waals surface area contributed by atoms with Crippen LogP contribution in [0.15, 0.2) is 35.6 Å². The normalized spacial score (nSPS) is 16.9. The summed E-state index contributed by atoms with van der Waals surface area (Å²) in [5, 5.41) is 0.600. The van der Waals surface area contributed by atoms with Crippen LogP contribution in [0.2, 0.25) is 0 Å². The molecule has 25 heavy (non-hydrogen) atoms. The first-order valence-corrected chi connectivity index (χ1v) is 8.77. The summed E-state index contributed by atoms with van der Waals surface area (Å²) in [5.41, 5.74) is 0.134. The molecule has 132 valence electrons. The van der Waals surface area contributed by atoms with Gasteiger partial charge in [-0.25, -0.2) is 13.8 Å². The number of carbonyl (C=O) groups excluding carboxylic acids is 1. The van der Waals surface area contributed by atoms with Gasteiger partial charge in [-0.05, 0) is 18.6 Å². The molecule has 2 aromatic rings. The van der Waals surface area contributed by atoms with Crippen molar-refractivity contribution in [3.05, 3.63) is 47.8 Å². The lowest BCUT2D eigenvalue weighted by molar-refractivity contribution is -0.137. The standard InChI is InChI=1S/C17H17F2N3O2S/c1-24-16(23)10-25-15-8-20-7-14(21-15)22-6-5-11(9-22)17-12(18)3-2-4-13(17)19/h2-4,7-8,11H,5-6,9-10H2,1H3. The highest BCUT2D eigenvalue weighted by atomic mass is 32.2. The Balaban J connectivity index is 1.71. The van der Waals surface area contributed by atoms with Crippen molar-refractivity contribution in [1.29, 1.82) is 0 Å². The fourth-order valence-corrected chi connectivity index (χ4v) is 3.53. The first-order valence-electron chi connectivity index (χ1n) is 7.79. The topological polar surface area (TPSA) is 55.3 Å². The number of benzene rings is 1. The molecule has 0 spiro atoms. The van der Waals surface area contributed by atoms with Crippen molar-refractivity contribution in [2.24, 2.45) is 0 Å². The molecule has 1 aliphatic rings. The van der Waals surface area contributed by atoms with E-state index < -0.39 is 11.6 Å². The number of hydrogen-bond acceptors (Lipinski definition) is 6. The van der Waals surface area contributed by atoms with E-state index in [-0.39, 0.29) is 23.2 Å². The summed E-state index contributed by atoms with van der Waals surface area (Å²) in [6.45, 7) is 1.11. The molecular weight excluding hydrogens is 348 g/mol. The zero-order valence-electron chi connectivity index (χ0n) is 13.6. The van der Waals surface area contributed by atoms with Gasteiger partial charge in [0.15, 0.2) is 0 Å². The van der Waals surface area contributed by atoms with Crippen LogP contribution >= 0.6 is 11.8 Å². The zero-order chi connectivity index (χ0) is 17.8. The average molecular weight is 365 g/mol. The van der Waals surface area contributed by atoms with Gasteiger partial charge in [-0.15, -0.1) is 0 Å². The van der Waals surface area contributed by atoms with E-state index in [1.54, 1.807) is 12.4 Å². The largest absolute Gasteiger partial charge is 0.468 e. The van der Waals surface area contributed by atoms with Gasteiger partial charge in [0.2, 0.25) is 0 Å². The maximum atomic E-state index is 14.0. The van der Waals surface area contributed by atoms with Crippen molar-refractivity contribution in [3.8, 4) is 0 Å². The second kappa shape index (κ2) is 7.77. The van der Waals surface area contributed by atoms with E-state index in [2.05, 4.69) is 14.7 Å². The van der Waals surface area contributed by atoms with Crippen LogP contribution in [0.25, 0.3) is 0 Å². The van der Waals surface area contributed by atoms with E-state index in [4.69, 9.17) is 0 Å². The molecular formula is C17H17F2N3O2S. The van der Waals surface area contributed by atoms with Crippen LogP contribution in [0.4, 0.5) is 14.6 Å². The smallest absolute Gasteiger partial charge is 0.316 e. The highest BCUT2D eigenvalue weighted by Crippen LogP contribution is 2.33. The van der Waals surface area contributed by atoms with Crippen LogP contribution in [-0.4, -0.2) is 41.9 Å². The lowest BCUT2D eigenvalue weighted by Gasteiger charge is -2.18. The molecule has 5 nitrogen and oxygen atoms in total. The first kappa shape index (κ1) is 17.6. The third-order valence-electron chi connectivity index (χ3n) is 4.09. The van der Waals surface area contributed by atoms with Crippen LogP contribution in [0.5, 0.6) is 0 Å². The summed E-state index contributed by atoms with van der Waals surface area (Å²) >= 11 is 1.23. The Morgan fingerprint density at radius 2 is 2.12 bits per heavy atom. The Morgan fingerprint density at radius 1 is 1.36 bits per heavy atom. The molecule has 1 fully saturated rings. The Morgan fingerprint density at radius 3 is 2.84 bits per heavy atom. The zero-order valence-corrected chi connectivity index (χ0v) is 14.4. The molecule has 1 aromatic heterocycles. The van der Waals surface area contributed by atoms with E-state index in [0.29, 0.717) is 30.4 Å². The second-order valence-corrected chi connectivity index (χ2v) is 6.64. The van der Waals surface area contributed by atoms with Crippen LogP contribution in [0.3, 0.4) is 0 Å². The lowest BCUT2D eigenvalue weighted by atomic mass is 9.97. The number of nitrogens with zero attached hydrogens (tertiary/aromatic N) is 3. The molecule has 1 unspecified atom stereocenters. The highest BCUT2D eigenvalue weighted by molar-refractivity contribution is 7.99. The summed E-state index contributed by atoms with van der Waals surface area (Å²) in [4.78, 5) is 21.8. The first-order chi connectivity index (χ1) is 12.1. The number of rotatable bonds is 5. The molecule has 3 rings (SSSR count). The van der Waals surface area contributed by atoms with Gasteiger partial charge in [-0.2, -0.15) is 0 Å². The van der Waals surface area contributed by atoms with Crippen molar-refractivity contribution in [1.82, 2.24) is 9.97 Å². The number of carbonyl (C=O) groups is 1. The quantitative estimate of drug-likeness (QED) is 0.600. The SMILES string of the molecule is COC(=O)CSc1cncc(N2CCC(c3c(F)cccc3F)C2)n1. The van der Waals surface area contributed by atoms with Crippen molar-refractivity contribution in [2.45, 2.75) is 17.4 Å². The van der Waals surface area contributed by atoms with Gasteiger partial charge in [0, 0.05) is 24.6 Å². The monoisotopic (exact) mass is 365 g/mol. The highest BCUT2D eigenvalue weighted by Gasteiger charge is 2.29. The number of methoxy groups -OCH3 is 1. The third kappa shape index (κ3) is 4.07. The Bertz CT molecular complexity index is 755. The maximum absolute atomic E-state index is 14.0. The summed E-state index contributed by atoms with van der Waals surface area (Å²) in [6.07, 6.45) is 3.82. The Hall–Kier alpha value is -2.22. The fourth-order valence-electron chi connectivity index (χ4n) is 2.86. The molecule has 1 aromatic carbocycles. The minimum atomic E-state index is -0.514. The van der Waals surface area contributed by atoms with Gasteiger partial charge in [0.25, 0.3) is 0 Å². The summed E-state index contributed by atoms with van der Waals surface area (Å²) < 4.78 is 32.5. The van der Waals surface area contributed by atoms with Gasteiger partial charge in [0.05, 0.1) is 25.3 Å². The summed E-state index contributed by atoms with van der Waals surface area (Å²) in [5.74, 6) is -0.810.